The molecule has 0 fully saturated rings. The van der Waals surface area contributed by atoms with Crippen LogP contribution in [0.1, 0.15) is 12.0 Å². The molecule has 0 aliphatic carbocycles. The van der Waals surface area contributed by atoms with Gasteiger partial charge in [-0.3, -0.25) is 4.79 Å². The van der Waals surface area contributed by atoms with Gasteiger partial charge in [-0.1, -0.05) is 6.07 Å². The second-order valence-electron chi connectivity index (χ2n) is 3.61. The van der Waals surface area contributed by atoms with Crippen LogP contribution in [0.25, 0.3) is 0 Å². The number of anilines is 1. The minimum Gasteiger partial charge on any atom is -0.489 e. The number of benzene rings is 1. The van der Waals surface area contributed by atoms with Crippen molar-refractivity contribution in [2.75, 3.05) is 26.1 Å². The Labute approximate surface area is 100 Å². The number of methoxy groups -OCH3 is 1. The average molecular weight is 239 g/mol. The van der Waals surface area contributed by atoms with Crippen LogP contribution >= 0.6 is 0 Å². The van der Waals surface area contributed by atoms with Gasteiger partial charge in [0.2, 0.25) is 0 Å². The molecule has 1 aromatic carbocycles. The first-order valence-electron chi connectivity index (χ1n) is 5.35. The van der Waals surface area contributed by atoms with E-state index in [1.54, 1.807) is 19.2 Å². The van der Waals surface area contributed by atoms with E-state index in [9.17, 15) is 4.79 Å². The first-order valence-corrected chi connectivity index (χ1v) is 5.35. The maximum atomic E-state index is 10.4. The van der Waals surface area contributed by atoms with Crippen LogP contribution < -0.4 is 10.5 Å². The molecule has 0 unspecified atom stereocenters. The number of carboxylic acids is 1. The molecule has 0 saturated carbocycles. The second kappa shape index (κ2) is 6.75. The van der Waals surface area contributed by atoms with E-state index in [2.05, 4.69) is 0 Å². The molecule has 5 heteroatoms. The Bertz CT molecular complexity index is 379. The summed E-state index contributed by atoms with van der Waals surface area (Å²) in [6.45, 7) is 0.940. The van der Waals surface area contributed by atoms with Gasteiger partial charge in [0.05, 0.1) is 12.3 Å². The molecule has 5 nitrogen and oxygen atoms in total. The third-order valence-electron chi connectivity index (χ3n) is 2.25. The lowest BCUT2D eigenvalue weighted by atomic mass is 10.1. The zero-order chi connectivity index (χ0) is 12.7. The van der Waals surface area contributed by atoms with E-state index >= 15 is 0 Å². The third kappa shape index (κ3) is 4.74. The lowest BCUT2D eigenvalue weighted by Crippen LogP contribution is -2.06. The van der Waals surface area contributed by atoms with Gasteiger partial charge in [-0.05, 0) is 24.1 Å². The molecule has 0 amide bonds. The number of hydrogen-bond donors (Lipinski definition) is 2. The first kappa shape index (κ1) is 13.3. The highest BCUT2D eigenvalue weighted by atomic mass is 16.5. The summed E-state index contributed by atoms with van der Waals surface area (Å²) in [4.78, 5) is 10.4. The molecule has 3 N–H and O–H groups in total. The first-order chi connectivity index (χ1) is 8.13. The van der Waals surface area contributed by atoms with Crippen molar-refractivity contribution in [2.45, 2.75) is 12.8 Å². The number of aliphatic carboxylic acids is 1. The van der Waals surface area contributed by atoms with Crippen molar-refractivity contribution in [3.63, 3.8) is 0 Å². The van der Waals surface area contributed by atoms with E-state index < -0.39 is 5.97 Å². The fourth-order valence-electron chi connectivity index (χ4n) is 1.37. The molecule has 0 aliphatic rings. The Kier molecular flexibility index (Phi) is 5.29. The Morgan fingerprint density at radius 2 is 2.18 bits per heavy atom. The number of aryl methyl sites for hydroxylation is 1. The fourth-order valence-corrected chi connectivity index (χ4v) is 1.37. The maximum Gasteiger partial charge on any atom is 0.303 e. The summed E-state index contributed by atoms with van der Waals surface area (Å²) in [6, 6.07) is 5.31. The predicted octanol–water partition coefficient (Wildman–Crippen LogP) is 1.31. The number of nitrogen functional groups attached to an aromatic ring is 1. The molecule has 94 valence electrons. The van der Waals surface area contributed by atoms with Crippen LogP contribution in [0.4, 0.5) is 5.69 Å². The normalized spacial score (nSPS) is 10.2. The monoisotopic (exact) mass is 239 g/mol. The molecule has 1 aromatic rings. The van der Waals surface area contributed by atoms with Crippen LogP contribution in [0.15, 0.2) is 18.2 Å². The molecule has 1 rings (SSSR count). The number of rotatable bonds is 7. The van der Waals surface area contributed by atoms with Gasteiger partial charge < -0.3 is 20.3 Å². The summed E-state index contributed by atoms with van der Waals surface area (Å²) in [5.41, 5.74) is 7.21. The summed E-state index contributed by atoms with van der Waals surface area (Å²) >= 11 is 0. The number of nitrogens with two attached hydrogens (primary N) is 1. The van der Waals surface area contributed by atoms with Crippen LogP contribution in [-0.2, 0) is 16.0 Å². The standard InChI is InChI=1S/C12H17NO4/c1-16-6-7-17-11-4-2-9(8-10(11)13)3-5-12(14)15/h2,4,8H,3,5-7,13H2,1H3,(H,14,15). The van der Waals surface area contributed by atoms with Gasteiger partial charge in [0.1, 0.15) is 12.4 Å². The smallest absolute Gasteiger partial charge is 0.303 e. The number of hydrogen-bond acceptors (Lipinski definition) is 4. The van der Waals surface area contributed by atoms with Gasteiger partial charge in [0.25, 0.3) is 0 Å². The Morgan fingerprint density at radius 3 is 2.76 bits per heavy atom. The molecule has 0 aliphatic heterocycles. The molecule has 0 atom stereocenters. The number of carboxylic acid groups (broad SMARTS) is 1. The van der Waals surface area contributed by atoms with Crippen molar-refractivity contribution in [1.29, 1.82) is 0 Å². The molecule has 0 heterocycles. The van der Waals surface area contributed by atoms with Crippen LogP contribution in [0.2, 0.25) is 0 Å². The lowest BCUT2D eigenvalue weighted by molar-refractivity contribution is -0.136. The molecule has 0 aromatic heterocycles. The van der Waals surface area contributed by atoms with Crippen molar-refractivity contribution >= 4 is 11.7 Å². The zero-order valence-corrected chi connectivity index (χ0v) is 9.81. The molecule has 0 spiro atoms. The third-order valence-corrected chi connectivity index (χ3v) is 2.25. The van der Waals surface area contributed by atoms with Crippen molar-refractivity contribution in [3.05, 3.63) is 23.8 Å². The average Bonchev–Trinajstić information content (AvgIpc) is 2.29. The van der Waals surface area contributed by atoms with Gasteiger partial charge in [0, 0.05) is 13.5 Å². The molecule has 0 bridgehead atoms. The quantitative estimate of drug-likeness (QED) is 0.554. The summed E-state index contributed by atoms with van der Waals surface area (Å²) in [5.74, 6) is -0.217. The summed E-state index contributed by atoms with van der Waals surface area (Å²) < 4.78 is 10.3. The molecular weight excluding hydrogens is 222 g/mol. The van der Waals surface area contributed by atoms with E-state index in [0.29, 0.717) is 31.1 Å². The number of carbonyl (C=O) groups is 1. The van der Waals surface area contributed by atoms with E-state index in [1.807, 2.05) is 6.07 Å². The minimum atomic E-state index is -0.816. The largest absolute Gasteiger partial charge is 0.489 e. The summed E-state index contributed by atoms with van der Waals surface area (Å²) in [6.07, 6.45) is 0.571. The zero-order valence-electron chi connectivity index (χ0n) is 9.81. The summed E-state index contributed by atoms with van der Waals surface area (Å²) in [7, 11) is 1.60. The van der Waals surface area contributed by atoms with Gasteiger partial charge in [0.15, 0.2) is 0 Å². The van der Waals surface area contributed by atoms with E-state index in [-0.39, 0.29) is 6.42 Å². The van der Waals surface area contributed by atoms with Gasteiger partial charge in [-0.15, -0.1) is 0 Å². The lowest BCUT2D eigenvalue weighted by Gasteiger charge is -2.09. The summed E-state index contributed by atoms with van der Waals surface area (Å²) in [5, 5.41) is 8.57. The van der Waals surface area contributed by atoms with Crippen LogP contribution in [0.3, 0.4) is 0 Å². The molecule has 0 radical (unpaired) electrons. The second-order valence-corrected chi connectivity index (χ2v) is 3.61. The van der Waals surface area contributed by atoms with Crippen molar-refractivity contribution in [1.82, 2.24) is 0 Å². The van der Waals surface area contributed by atoms with Crippen molar-refractivity contribution < 1.29 is 19.4 Å². The van der Waals surface area contributed by atoms with Crippen molar-refractivity contribution in [2.24, 2.45) is 0 Å². The van der Waals surface area contributed by atoms with E-state index in [1.165, 1.54) is 0 Å². The van der Waals surface area contributed by atoms with Crippen LogP contribution in [0.5, 0.6) is 5.75 Å². The Hall–Kier alpha value is -1.75. The molecular formula is C12H17NO4. The van der Waals surface area contributed by atoms with E-state index in [4.69, 9.17) is 20.3 Å². The van der Waals surface area contributed by atoms with E-state index in [0.717, 1.165) is 5.56 Å². The molecule has 0 saturated heterocycles. The molecule has 17 heavy (non-hydrogen) atoms. The Morgan fingerprint density at radius 1 is 1.41 bits per heavy atom. The highest BCUT2D eigenvalue weighted by molar-refractivity contribution is 5.67. The van der Waals surface area contributed by atoms with Crippen molar-refractivity contribution in [3.8, 4) is 5.75 Å². The highest BCUT2D eigenvalue weighted by Crippen LogP contribution is 2.23. The van der Waals surface area contributed by atoms with Gasteiger partial charge in [-0.25, -0.2) is 0 Å². The Balaban J connectivity index is 2.56. The predicted molar refractivity (Wildman–Crippen MR) is 64.2 cm³/mol. The van der Waals surface area contributed by atoms with Gasteiger partial charge >= 0.3 is 5.97 Å². The van der Waals surface area contributed by atoms with Crippen LogP contribution in [0, 0.1) is 0 Å². The number of ether oxygens (including phenoxy) is 2. The van der Waals surface area contributed by atoms with Crippen LogP contribution in [-0.4, -0.2) is 31.4 Å². The minimum absolute atomic E-state index is 0.101. The topological polar surface area (TPSA) is 81.8 Å². The SMILES string of the molecule is COCCOc1ccc(CCC(=O)O)cc1N. The fraction of sp³-hybridized carbons (Fsp3) is 0.417. The maximum absolute atomic E-state index is 10.4. The van der Waals surface area contributed by atoms with Gasteiger partial charge in [-0.2, -0.15) is 0 Å². The highest BCUT2D eigenvalue weighted by Gasteiger charge is 2.04.